The second-order valence-corrected chi connectivity index (χ2v) is 15.6. The van der Waals surface area contributed by atoms with Gasteiger partial charge in [0.1, 0.15) is 6.61 Å². The number of allylic oxidation sites excluding steroid dienone is 10. The van der Waals surface area contributed by atoms with Gasteiger partial charge in [-0.15, -0.1) is 0 Å². The van der Waals surface area contributed by atoms with Gasteiger partial charge in [0.25, 0.3) is 0 Å². The molecule has 0 spiro atoms. The van der Waals surface area contributed by atoms with Gasteiger partial charge in [-0.3, -0.25) is 14.1 Å². The SMILES string of the molecule is CC/C=C/C=C/C=C/C=C/CCCCCCCC(=O)OC[C@H](COP(=O)(O)O)OC(=O)CCCCCCCCCCCCC/C=C/CCCCCCCC. The molecule has 0 aliphatic carbocycles. The molecule has 312 valence electrons. The van der Waals surface area contributed by atoms with Crippen LogP contribution in [0.4, 0.5) is 0 Å². The highest BCUT2D eigenvalue weighted by Crippen LogP contribution is 2.36. The number of phosphoric acid groups is 1. The lowest BCUT2D eigenvalue weighted by Gasteiger charge is -2.18. The Morgan fingerprint density at radius 3 is 1.39 bits per heavy atom. The maximum atomic E-state index is 12.4. The summed E-state index contributed by atoms with van der Waals surface area (Å²) in [7, 11) is -4.76. The molecule has 8 nitrogen and oxygen atoms in total. The van der Waals surface area contributed by atoms with Crippen LogP contribution in [0.2, 0.25) is 0 Å². The Hall–Kier alpha value is -2.25. The Bertz CT molecular complexity index is 1060. The van der Waals surface area contributed by atoms with Gasteiger partial charge in [-0.05, 0) is 57.8 Å². The first-order chi connectivity index (χ1) is 26.3. The molecule has 2 N–H and O–H groups in total. The van der Waals surface area contributed by atoms with Crippen molar-refractivity contribution in [3.63, 3.8) is 0 Å². The smallest absolute Gasteiger partial charge is 0.462 e. The predicted molar refractivity (Wildman–Crippen MR) is 225 cm³/mol. The summed E-state index contributed by atoms with van der Waals surface area (Å²) in [6, 6.07) is 0. The summed E-state index contributed by atoms with van der Waals surface area (Å²) < 4.78 is 26.4. The number of phosphoric ester groups is 1. The van der Waals surface area contributed by atoms with Crippen LogP contribution in [-0.4, -0.2) is 41.0 Å². The van der Waals surface area contributed by atoms with E-state index in [1.807, 2.05) is 30.4 Å². The molecule has 0 rings (SSSR count). The first kappa shape index (κ1) is 51.8. The molecule has 54 heavy (non-hydrogen) atoms. The van der Waals surface area contributed by atoms with Crippen molar-refractivity contribution in [2.24, 2.45) is 0 Å². The summed E-state index contributed by atoms with van der Waals surface area (Å²) in [5, 5.41) is 0. The first-order valence-corrected chi connectivity index (χ1v) is 23.2. The molecule has 0 aromatic carbocycles. The van der Waals surface area contributed by atoms with Gasteiger partial charge >= 0.3 is 19.8 Å². The third-order valence-electron chi connectivity index (χ3n) is 9.11. The van der Waals surface area contributed by atoms with Crippen molar-refractivity contribution in [2.75, 3.05) is 13.2 Å². The minimum atomic E-state index is -4.76. The average Bonchev–Trinajstić information content (AvgIpc) is 3.14. The lowest BCUT2D eigenvalue weighted by molar-refractivity contribution is -0.161. The Balaban J connectivity index is 3.91. The first-order valence-electron chi connectivity index (χ1n) is 21.6. The van der Waals surface area contributed by atoms with Crippen molar-refractivity contribution >= 4 is 19.8 Å². The zero-order valence-corrected chi connectivity index (χ0v) is 35.2. The molecule has 0 saturated carbocycles. The molecule has 0 heterocycles. The topological polar surface area (TPSA) is 119 Å². The number of ether oxygens (including phenoxy) is 2. The van der Waals surface area contributed by atoms with Crippen LogP contribution in [0.5, 0.6) is 0 Å². The largest absolute Gasteiger partial charge is 0.469 e. The number of rotatable bonds is 39. The summed E-state index contributed by atoms with van der Waals surface area (Å²) in [6.45, 7) is 3.53. The van der Waals surface area contributed by atoms with Crippen LogP contribution < -0.4 is 0 Å². The van der Waals surface area contributed by atoms with E-state index in [4.69, 9.17) is 19.3 Å². The van der Waals surface area contributed by atoms with Crippen molar-refractivity contribution in [2.45, 2.75) is 200 Å². The van der Waals surface area contributed by atoms with Gasteiger partial charge in [0.2, 0.25) is 0 Å². The quantitative estimate of drug-likeness (QED) is 0.0208. The van der Waals surface area contributed by atoms with Gasteiger partial charge < -0.3 is 19.3 Å². The van der Waals surface area contributed by atoms with Crippen molar-refractivity contribution in [1.29, 1.82) is 0 Å². The van der Waals surface area contributed by atoms with Gasteiger partial charge in [0.05, 0.1) is 6.61 Å². The van der Waals surface area contributed by atoms with Crippen LogP contribution in [0.25, 0.3) is 0 Å². The van der Waals surface area contributed by atoms with E-state index in [9.17, 15) is 14.2 Å². The highest BCUT2D eigenvalue weighted by atomic mass is 31.2. The van der Waals surface area contributed by atoms with Crippen molar-refractivity contribution < 1.29 is 37.9 Å². The van der Waals surface area contributed by atoms with Crippen LogP contribution in [0.15, 0.2) is 60.8 Å². The molecular weight excluding hydrogens is 699 g/mol. The molecule has 1 atom stereocenters. The molecule has 0 aliphatic rings. The summed E-state index contributed by atoms with van der Waals surface area (Å²) >= 11 is 0. The number of hydrogen-bond donors (Lipinski definition) is 2. The zero-order chi connectivity index (χ0) is 39.6. The molecule has 0 aromatic rings. The predicted octanol–water partition coefficient (Wildman–Crippen LogP) is 13.3. The second kappa shape index (κ2) is 40.4. The summed E-state index contributed by atoms with van der Waals surface area (Å²) in [6.07, 6.45) is 50.9. The fourth-order valence-corrected chi connectivity index (χ4v) is 6.27. The molecular formula is C45H79O8P. The highest BCUT2D eigenvalue weighted by Gasteiger charge is 2.22. The fraction of sp³-hybridized carbons (Fsp3) is 0.733. The molecule has 0 aliphatic heterocycles. The third kappa shape index (κ3) is 42.5. The van der Waals surface area contributed by atoms with Crippen LogP contribution >= 0.6 is 7.82 Å². The number of carbonyl (C=O) groups is 2. The van der Waals surface area contributed by atoms with E-state index in [0.29, 0.717) is 12.8 Å². The number of carbonyl (C=O) groups excluding carboxylic acids is 2. The molecule has 0 bridgehead atoms. The van der Waals surface area contributed by atoms with E-state index in [2.05, 4.69) is 48.8 Å². The van der Waals surface area contributed by atoms with Crippen molar-refractivity contribution in [1.82, 2.24) is 0 Å². The van der Waals surface area contributed by atoms with Gasteiger partial charge in [0, 0.05) is 12.8 Å². The highest BCUT2D eigenvalue weighted by molar-refractivity contribution is 7.46. The molecule has 0 fully saturated rings. The minimum absolute atomic E-state index is 0.204. The second-order valence-electron chi connectivity index (χ2n) is 14.4. The summed E-state index contributed by atoms with van der Waals surface area (Å²) in [5.41, 5.74) is 0. The normalized spacial score (nSPS) is 13.0. The van der Waals surface area contributed by atoms with Crippen LogP contribution in [-0.2, 0) is 28.2 Å². The van der Waals surface area contributed by atoms with Gasteiger partial charge in [-0.2, -0.15) is 0 Å². The maximum Gasteiger partial charge on any atom is 0.469 e. The van der Waals surface area contributed by atoms with Crippen LogP contribution in [0, 0.1) is 0 Å². The molecule has 9 heteroatoms. The lowest BCUT2D eigenvalue weighted by atomic mass is 10.0. The fourth-order valence-electron chi connectivity index (χ4n) is 5.91. The molecule has 0 unspecified atom stereocenters. The minimum Gasteiger partial charge on any atom is -0.462 e. The summed E-state index contributed by atoms with van der Waals surface area (Å²) in [4.78, 5) is 42.9. The Kier molecular flexibility index (Phi) is 38.7. The standard InChI is InChI=1S/C45H79O8P/c1-3-5-7-9-11-13-15-17-19-20-21-22-23-24-26-28-30-32-34-36-38-40-45(47)53-43(42-52-54(48,49)50)41-51-44(46)39-37-35-33-31-29-27-25-18-16-14-12-10-8-6-4-2/h6,8,10,12,14,16-19,25,43H,3-5,7,9,11,13,15,20-24,26-42H2,1-2H3,(H2,48,49,50)/b8-6+,12-10+,16-14+,19-17+,25-18+/t43-/m1/s1. The molecule has 0 aromatic heterocycles. The van der Waals surface area contributed by atoms with Crippen LogP contribution in [0.1, 0.15) is 194 Å². The van der Waals surface area contributed by atoms with E-state index in [0.717, 1.165) is 57.8 Å². The third-order valence-corrected chi connectivity index (χ3v) is 9.60. The zero-order valence-electron chi connectivity index (χ0n) is 34.4. The van der Waals surface area contributed by atoms with E-state index < -0.39 is 32.5 Å². The van der Waals surface area contributed by atoms with Gasteiger partial charge in [-0.1, -0.05) is 184 Å². The summed E-state index contributed by atoms with van der Waals surface area (Å²) in [5.74, 6) is -0.913. The van der Waals surface area contributed by atoms with E-state index in [1.54, 1.807) is 0 Å². The molecule has 0 radical (unpaired) electrons. The van der Waals surface area contributed by atoms with Crippen molar-refractivity contribution in [3.05, 3.63) is 60.8 Å². The number of esters is 2. The number of hydrogen-bond acceptors (Lipinski definition) is 6. The van der Waals surface area contributed by atoms with Crippen LogP contribution in [0.3, 0.4) is 0 Å². The maximum absolute atomic E-state index is 12.4. The monoisotopic (exact) mass is 779 g/mol. The Morgan fingerprint density at radius 2 is 0.907 bits per heavy atom. The van der Waals surface area contributed by atoms with Gasteiger partial charge in [0.15, 0.2) is 6.10 Å². The van der Waals surface area contributed by atoms with E-state index >= 15 is 0 Å². The van der Waals surface area contributed by atoms with E-state index in [1.165, 1.54) is 96.3 Å². The number of unbranched alkanes of at least 4 members (excludes halogenated alkanes) is 22. The van der Waals surface area contributed by atoms with Gasteiger partial charge in [-0.25, -0.2) is 4.57 Å². The Morgan fingerprint density at radius 1 is 0.500 bits per heavy atom. The molecule has 0 amide bonds. The molecule has 0 saturated heterocycles. The Labute approximate surface area is 330 Å². The van der Waals surface area contributed by atoms with Crippen molar-refractivity contribution in [3.8, 4) is 0 Å². The van der Waals surface area contributed by atoms with E-state index in [-0.39, 0.29) is 19.4 Å². The average molecular weight is 779 g/mol. The lowest BCUT2D eigenvalue weighted by Crippen LogP contribution is -2.29.